The number of aromatic nitrogens is 3. The SMILES string of the molecule is CC[C@@H](CO)N1C(=O)[C@@H]2[C@@H](C(=O)NCc3ccccc3)[C@@]3(C)CCC2(O3)C1C(=O)NCn1nnc2ccccc21. The van der Waals surface area contributed by atoms with Gasteiger partial charge in [-0.2, -0.15) is 0 Å². The molecule has 11 heteroatoms. The monoisotopic (exact) mass is 546 g/mol. The highest BCUT2D eigenvalue weighted by atomic mass is 16.5. The molecule has 210 valence electrons. The number of aliphatic hydroxyl groups excluding tert-OH is 1. The van der Waals surface area contributed by atoms with Gasteiger partial charge in [0.1, 0.15) is 23.8 Å². The lowest BCUT2D eigenvalue weighted by atomic mass is 9.66. The van der Waals surface area contributed by atoms with Gasteiger partial charge >= 0.3 is 0 Å². The summed E-state index contributed by atoms with van der Waals surface area (Å²) in [6.45, 7) is 3.80. The van der Waals surface area contributed by atoms with Crippen molar-refractivity contribution in [2.24, 2.45) is 11.8 Å². The number of amides is 3. The molecular weight excluding hydrogens is 512 g/mol. The molecule has 0 saturated carbocycles. The molecular formula is C29H34N6O5. The Hall–Kier alpha value is -3.83. The Kier molecular flexibility index (Phi) is 6.58. The van der Waals surface area contributed by atoms with Crippen LogP contribution in [0.2, 0.25) is 0 Å². The average molecular weight is 547 g/mol. The molecule has 2 bridgehead atoms. The second kappa shape index (κ2) is 9.97. The van der Waals surface area contributed by atoms with E-state index in [4.69, 9.17) is 4.74 Å². The molecule has 3 amide bonds. The Labute approximate surface area is 231 Å². The number of rotatable bonds is 9. The molecule has 3 N–H and O–H groups in total. The summed E-state index contributed by atoms with van der Waals surface area (Å²) in [4.78, 5) is 43.2. The smallest absolute Gasteiger partial charge is 0.247 e. The third kappa shape index (κ3) is 3.98. The summed E-state index contributed by atoms with van der Waals surface area (Å²) in [5.74, 6) is -2.58. The molecule has 3 aromatic rings. The summed E-state index contributed by atoms with van der Waals surface area (Å²) >= 11 is 0. The molecule has 6 atom stereocenters. The van der Waals surface area contributed by atoms with E-state index in [1.165, 1.54) is 4.90 Å². The van der Waals surface area contributed by atoms with Gasteiger partial charge in [-0.1, -0.05) is 54.6 Å². The zero-order valence-electron chi connectivity index (χ0n) is 22.6. The van der Waals surface area contributed by atoms with Crippen LogP contribution in [0.5, 0.6) is 0 Å². The van der Waals surface area contributed by atoms with E-state index in [-0.39, 0.29) is 25.1 Å². The fourth-order valence-electron chi connectivity index (χ4n) is 7.05. The van der Waals surface area contributed by atoms with Gasteiger partial charge in [-0.25, -0.2) is 4.68 Å². The minimum absolute atomic E-state index is 0.0484. The van der Waals surface area contributed by atoms with E-state index < -0.39 is 41.0 Å². The molecule has 40 heavy (non-hydrogen) atoms. The summed E-state index contributed by atoms with van der Waals surface area (Å²) in [5, 5.41) is 24.4. The molecule has 0 aliphatic carbocycles. The fourth-order valence-corrected chi connectivity index (χ4v) is 7.05. The van der Waals surface area contributed by atoms with E-state index in [0.29, 0.717) is 31.3 Å². The number of benzene rings is 2. The number of fused-ring (bicyclic) bond motifs is 2. The molecule has 6 rings (SSSR count). The van der Waals surface area contributed by atoms with Crippen molar-refractivity contribution in [2.45, 2.75) is 69.6 Å². The zero-order valence-corrected chi connectivity index (χ0v) is 22.6. The van der Waals surface area contributed by atoms with Gasteiger partial charge in [0.05, 0.1) is 35.6 Å². The Bertz CT molecular complexity index is 1440. The second-order valence-electron chi connectivity index (χ2n) is 11.2. The fraction of sp³-hybridized carbons (Fsp3) is 0.483. The lowest BCUT2D eigenvalue weighted by molar-refractivity contribution is -0.150. The Morgan fingerprint density at radius 3 is 2.60 bits per heavy atom. The first-order chi connectivity index (χ1) is 19.3. The number of nitrogens with zero attached hydrogens (tertiary/aromatic N) is 4. The van der Waals surface area contributed by atoms with Gasteiger partial charge in [-0.3, -0.25) is 14.4 Å². The van der Waals surface area contributed by atoms with Crippen LogP contribution >= 0.6 is 0 Å². The largest absolute Gasteiger partial charge is 0.394 e. The Balaban J connectivity index is 1.30. The number of carbonyl (C=O) groups is 3. The number of nitrogens with one attached hydrogen (secondary N) is 2. The number of aliphatic hydroxyl groups is 1. The highest BCUT2D eigenvalue weighted by molar-refractivity contribution is 5.99. The van der Waals surface area contributed by atoms with Crippen molar-refractivity contribution >= 4 is 28.8 Å². The molecule has 3 fully saturated rings. The number of hydrogen-bond acceptors (Lipinski definition) is 7. The maximum atomic E-state index is 14.1. The van der Waals surface area contributed by atoms with Crippen molar-refractivity contribution in [2.75, 3.05) is 6.61 Å². The van der Waals surface area contributed by atoms with Gasteiger partial charge in [0.25, 0.3) is 0 Å². The van der Waals surface area contributed by atoms with Crippen LogP contribution in [0.3, 0.4) is 0 Å². The topological polar surface area (TPSA) is 139 Å². The van der Waals surface area contributed by atoms with Gasteiger partial charge in [0, 0.05) is 6.54 Å². The highest BCUT2D eigenvalue weighted by Gasteiger charge is 2.78. The number of likely N-dealkylation sites (tertiary alicyclic amines) is 1. The molecule has 1 aromatic heterocycles. The van der Waals surface area contributed by atoms with Crippen molar-refractivity contribution in [1.82, 2.24) is 30.5 Å². The van der Waals surface area contributed by atoms with Crippen molar-refractivity contribution in [3.8, 4) is 0 Å². The van der Waals surface area contributed by atoms with E-state index >= 15 is 0 Å². The maximum absolute atomic E-state index is 14.1. The summed E-state index contributed by atoms with van der Waals surface area (Å²) in [7, 11) is 0. The van der Waals surface area contributed by atoms with Crippen molar-refractivity contribution in [3.63, 3.8) is 0 Å². The first-order valence-electron chi connectivity index (χ1n) is 13.8. The van der Waals surface area contributed by atoms with Crippen LogP contribution in [0.1, 0.15) is 38.7 Å². The van der Waals surface area contributed by atoms with Crippen LogP contribution in [-0.2, 0) is 32.3 Å². The first-order valence-corrected chi connectivity index (χ1v) is 13.8. The van der Waals surface area contributed by atoms with Gasteiger partial charge in [-0.15, -0.1) is 5.10 Å². The third-order valence-corrected chi connectivity index (χ3v) is 8.95. The van der Waals surface area contributed by atoms with E-state index in [1.54, 1.807) is 4.68 Å². The first kappa shape index (κ1) is 26.4. The molecule has 3 saturated heterocycles. The number of hydrogen-bond donors (Lipinski definition) is 3. The molecule has 0 radical (unpaired) electrons. The lowest BCUT2D eigenvalue weighted by Crippen LogP contribution is -2.58. The van der Waals surface area contributed by atoms with Gasteiger partial charge in [-0.05, 0) is 43.9 Å². The van der Waals surface area contributed by atoms with E-state index in [1.807, 2.05) is 68.4 Å². The standard InChI is InChI=1S/C29H34N6O5/c1-3-19(16-36)35-24(26(38)31-17-34-21-12-8-7-11-20(21)32-33-34)29-14-13-28(2,40-29)22(23(29)27(35)39)25(37)30-15-18-9-5-4-6-10-18/h4-12,19,22-24,36H,3,13-17H2,1-2H3,(H,30,37)(H,31,38)/t19-,22-,23-,24?,28+,29?/m0/s1. The Morgan fingerprint density at radius 1 is 1.10 bits per heavy atom. The minimum atomic E-state index is -1.17. The molecule has 1 spiro atoms. The maximum Gasteiger partial charge on any atom is 0.247 e. The minimum Gasteiger partial charge on any atom is -0.394 e. The number of carbonyl (C=O) groups excluding carboxylic acids is 3. The number of ether oxygens (including phenoxy) is 1. The van der Waals surface area contributed by atoms with E-state index in [2.05, 4.69) is 20.9 Å². The highest BCUT2D eigenvalue weighted by Crippen LogP contribution is 2.63. The van der Waals surface area contributed by atoms with Crippen LogP contribution in [0.15, 0.2) is 54.6 Å². The second-order valence-corrected chi connectivity index (χ2v) is 11.2. The zero-order chi connectivity index (χ0) is 28.1. The van der Waals surface area contributed by atoms with Crippen LogP contribution in [0, 0.1) is 11.8 Å². The van der Waals surface area contributed by atoms with Gasteiger partial charge in [0.2, 0.25) is 17.7 Å². The van der Waals surface area contributed by atoms with Crippen LogP contribution < -0.4 is 10.6 Å². The summed E-state index contributed by atoms with van der Waals surface area (Å²) in [6, 6.07) is 15.4. The predicted molar refractivity (Wildman–Crippen MR) is 144 cm³/mol. The normalized spacial score (nSPS) is 29.5. The van der Waals surface area contributed by atoms with Crippen LogP contribution in [0.4, 0.5) is 0 Å². The third-order valence-electron chi connectivity index (χ3n) is 8.95. The molecule has 3 aliphatic rings. The molecule has 4 heterocycles. The summed E-state index contributed by atoms with van der Waals surface area (Å²) in [6.07, 6.45) is 1.46. The quantitative estimate of drug-likeness (QED) is 0.368. The summed E-state index contributed by atoms with van der Waals surface area (Å²) < 4.78 is 8.22. The van der Waals surface area contributed by atoms with Crippen LogP contribution in [-0.4, -0.2) is 72.6 Å². The average Bonchev–Trinajstić information content (AvgIpc) is 3.67. The predicted octanol–water partition coefficient (Wildman–Crippen LogP) is 1.36. The molecule has 2 unspecified atom stereocenters. The molecule has 11 nitrogen and oxygen atoms in total. The van der Waals surface area contributed by atoms with Gasteiger partial charge in [0.15, 0.2) is 0 Å². The molecule has 2 aromatic carbocycles. The van der Waals surface area contributed by atoms with Crippen molar-refractivity contribution < 1.29 is 24.2 Å². The van der Waals surface area contributed by atoms with E-state index in [0.717, 1.165) is 11.1 Å². The summed E-state index contributed by atoms with van der Waals surface area (Å²) in [5.41, 5.74) is 0.366. The number of para-hydroxylation sites is 1. The Morgan fingerprint density at radius 2 is 1.85 bits per heavy atom. The van der Waals surface area contributed by atoms with Crippen molar-refractivity contribution in [3.05, 3.63) is 60.2 Å². The molecule has 3 aliphatic heterocycles. The van der Waals surface area contributed by atoms with Gasteiger partial charge < -0.3 is 25.4 Å². The van der Waals surface area contributed by atoms with Crippen molar-refractivity contribution in [1.29, 1.82) is 0 Å². The van der Waals surface area contributed by atoms with Crippen LogP contribution in [0.25, 0.3) is 11.0 Å². The lowest BCUT2D eigenvalue weighted by Gasteiger charge is -2.36. The van der Waals surface area contributed by atoms with E-state index in [9.17, 15) is 19.5 Å².